The summed E-state index contributed by atoms with van der Waals surface area (Å²) < 4.78 is 0. The number of amides is 1. The van der Waals surface area contributed by atoms with E-state index in [-0.39, 0.29) is 11.9 Å². The number of carbonyl (C=O) groups is 1. The molecule has 0 bridgehead atoms. The number of benzene rings is 1. The highest BCUT2D eigenvalue weighted by Gasteiger charge is 2.30. The number of rotatable bonds is 5. The Bertz CT molecular complexity index is 415. The average molecular weight is 232 g/mol. The highest BCUT2D eigenvalue weighted by atomic mass is 16.2. The van der Waals surface area contributed by atoms with E-state index >= 15 is 0 Å². The zero-order valence-electron chi connectivity index (χ0n) is 10.5. The zero-order valence-corrected chi connectivity index (χ0v) is 10.5. The highest BCUT2D eigenvalue weighted by Crippen LogP contribution is 2.33. The normalized spacial score (nSPS) is 18.0. The van der Waals surface area contributed by atoms with E-state index in [4.69, 9.17) is 0 Å². The number of anilines is 1. The summed E-state index contributed by atoms with van der Waals surface area (Å²) in [6, 6.07) is 5.90. The number of hydrogen-bond acceptors (Lipinski definition) is 2. The Hall–Kier alpha value is -1.35. The Labute approximate surface area is 103 Å². The van der Waals surface area contributed by atoms with Crippen molar-refractivity contribution in [3.05, 3.63) is 29.3 Å². The predicted molar refractivity (Wildman–Crippen MR) is 70.1 cm³/mol. The van der Waals surface area contributed by atoms with E-state index in [1.807, 2.05) is 25.1 Å². The lowest BCUT2D eigenvalue weighted by molar-refractivity contribution is -0.117. The Morgan fingerprint density at radius 1 is 1.35 bits per heavy atom. The molecule has 1 aromatic carbocycles. The second-order valence-corrected chi connectivity index (χ2v) is 4.62. The van der Waals surface area contributed by atoms with Gasteiger partial charge in [-0.25, -0.2) is 0 Å². The maximum atomic E-state index is 11.9. The Kier molecular flexibility index (Phi) is 3.79. The summed E-state index contributed by atoms with van der Waals surface area (Å²) in [5.74, 6) is 0.0748. The van der Waals surface area contributed by atoms with Crippen molar-refractivity contribution in [3.63, 3.8) is 0 Å². The van der Waals surface area contributed by atoms with E-state index in [1.54, 1.807) is 0 Å². The third-order valence-electron chi connectivity index (χ3n) is 3.26. The largest absolute Gasteiger partial charge is 0.324 e. The Balaban J connectivity index is 2.05. The van der Waals surface area contributed by atoms with Crippen molar-refractivity contribution in [1.82, 2.24) is 5.32 Å². The molecule has 1 atom stereocenters. The highest BCUT2D eigenvalue weighted by molar-refractivity contribution is 6.03. The number of fused-ring (bicyclic) bond motifs is 1. The van der Waals surface area contributed by atoms with Crippen LogP contribution < -0.4 is 10.6 Å². The van der Waals surface area contributed by atoms with Crippen LogP contribution in [0, 0.1) is 6.92 Å². The zero-order chi connectivity index (χ0) is 12.3. The van der Waals surface area contributed by atoms with Crippen molar-refractivity contribution in [2.24, 2.45) is 0 Å². The van der Waals surface area contributed by atoms with Crippen LogP contribution in [0.1, 0.15) is 43.4 Å². The van der Waals surface area contributed by atoms with Gasteiger partial charge in [0.1, 0.15) is 6.04 Å². The molecule has 1 aliphatic heterocycles. The monoisotopic (exact) mass is 232 g/mol. The molecule has 0 aromatic heterocycles. The minimum atomic E-state index is -0.165. The lowest BCUT2D eigenvalue weighted by Crippen LogP contribution is -2.28. The van der Waals surface area contributed by atoms with Crippen molar-refractivity contribution >= 4 is 11.6 Å². The first-order valence-electron chi connectivity index (χ1n) is 6.37. The predicted octanol–water partition coefficient (Wildman–Crippen LogP) is 2.77. The van der Waals surface area contributed by atoms with Gasteiger partial charge >= 0.3 is 0 Å². The van der Waals surface area contributed by atoms with E-state index in [0.29, 0.717) is 0 Å². The van der Waals surface area contributed by atoms with Crippen LogP contribution in [0.15, 0.2) is 18.2 Å². The summed E-state index contributed by atoms with van der Waals surface area (Å²) in [7, 11) is 0. The molecule has 2 N–H and O–H groups in total. The van der Waals surface area contributed by atoms with E-state index in [2.05, 4.69) is 17.6 Å². The Morgan fingerprint density at radius 2 is 2.18 bits per heavy atom. The summed E-state index contributed by atoms with van der Waals surface area (Å²) in [6.07, 6.45) is 3.54. The molecule has 1 heterocycles. The summed E-state index contributed by atoms with van der Waals surface area (Å²) in [5, 5.41) is 6.29. The molecule has 1 aliphatic rings. The minimum Gasteiger partial charge on any atom is -0.324 e. The van der Waals surface area contributed by atoms with Crippen molar-refractivity contribution in [1.29, 1.82) is 0 Å². The van der Waals surface area contributed by atoms with E-state index in [0.717, 1.165) is 29.8 Å². The second-order valence-electron chi connectivity index (χ2n) is 4.62. The van der Waals surface area contributed by atoms with Gasteiger partial charge in [0.25, 0.3) is 0 Å². The van der Waals surface area contributed by atoms with E-state index < -0.39 is 0 Å². The first-order valence-corrected chi connectivity index (χ1v) is 6.37. The number of aryl methyl sites for hydroxylation is 1. The van der Waals surface area contributed by atoms with Crippen molar-refractivity contribution in [2.45, 2.75) is 39.2 Å². The first-order chi connectivity index (χ1) is 8.24. The third-order valence-corrected chi connectivity index (χ3v) is 3.26. The molecule has 1 amide bonds. The minimum absolute atomic E-state index is 0.0748. The molecule has 1 unspecified atom stereocenters. The molecule has 0 saturated carbocycles. The van der Waals surface area contributed by atoms with Crippen molar-refractivity contribution in [3.8, 4) is 0 Å². The summed E-state index contributed by atoms with van der Waals surface area (Å²) in [5.41, 5.74) is 3.21. The van der Waals surface area contributed by atoms with Gasteiger partial charge in [-0.15, -0.1) is 0 Å². The average Bonchev–Trinajstić information content (AvgIpc) is 2.63. The van der Waals surface area contributed by atoms with Gasteiger partial charge in [0.15, 0.2) is 0 Å². The molecule has 2 rings (SSSR count). The molecular weight excluding hydrogens is 212 g/mol. The number of nitrogens with one attached hydrogen (secondary N) is 2. The lowest BCUT2D eigenvalue weighted by Gasteiger charge is -2.11. The molecule has 92 valence electrons. The lowest BCUT2D eigenvalue weighted by atomic mass is 10.1. The van der Waals surface area contributed by atoms with Crippen LogP contribution >= 0.6 is 0 Å². The molecule has 17 heavy (non-hydrogen) atoms. The summed E-state index contributed by atoms with van der Waals surface area (Å²) in [6.45, 7) is 5.11. The van der Waals surface area contributed by atoms with E-state index in [9.17, 15) is 4.79 Å². The Morgan fingerprint density at radius 3 is 2.94 bits per heavy atom. The first kappa shape index (κ1) is 12.1. The topological polar surface area (TPSA) is 41.1 Å². The maximum absolute atomic E-state index is 11.9. The summed E-state index contributed by atoms with van der Waals surface area (Å²) >= 11 is 0. The molecule has 3 heteroatoms. The van der Waals surface area contributed by atoms with Crippen LogP contribution in [0.5, 0.6) is 0 Å². The van der Waals surface area contributed by atoms with Crippen molar-refractivity contribution in [2.75, 3.05) is 11.9 Å². The number of hydrogen-bond donors (Lipinski definition) is 2. The number of para-hydroxylation sites is 1. The smallest absolute Gasteiger partial charge is 0.246 e. The molecule has 3 nitrogen and oxygen atoms in total. The number of carbonyl (C=O) groups excluding carboxylic acids is 1. The van der Waals surface area contributed by atoms with Gasteiger partial charge in [0.2, 0.25) is 5.91 Å². The molecular formula is C14H20N2O. The van der Waals surface area contributed by atoms with Gasteiger partial charge in [-0.05, 0) is 25.5 Å². The summed E-state index contributed by atoms with van der Waals surface area (Å²) in [4.78, 5) is 11.9. The van der Waals surface area contributed by atoms with Gasteiger partial charge in [-0.2, -0.15) is 0 Å². The molecule has 0 fully saturated rings. The van der Waals surface area contributed by atoms with Crippen molar-refractivity contribution < 1.29 is 4.79 Å². The maximum Gasteiger partial charge on any atom is 0.246 e. The van der Waals surface area contributed by atoms with Crippen LogP contribution in [0.3, 0.4) is 0 Å². The standard InChI is InChI=1S/C14H20N2O/c1-3-4-5-9-15-13-11-8-6-7-10(2)12(11)16-14(13)17/h6-8,13,15H,3-5,9H2,1-2H3,(H,16,17). The fourth-order valence-corrected chi connectivity index (χ4v) is 2.26. The molecule has 1 aromatic rings. The molecule has 0 radical (unpaired) electrons. The van der Waals surface area contributed by atoms with Gasteiger partial charge in [-0.3, -0.25) is 4.79 Å². The van der Waals surface area contributed by atoms with Crippen LogP contribution in [0.25, 0.3) is 0 Å². The van der Waals surface area contributed by atoms with Crippen LogP contribution in [-0.2, 0) is 4.79 Å². The fourth-order valence-electron chi connectivity index (χ4n) is 2.26. The quantitative estimate of drug-likeness (QED) is 0.766. The van der Waals surface area contributed by atoms with Crippen LogP contribution in [-0.4, -0.2) is 12.5 Å². The van der Waals surface area contributed by atoms with Gasteiger partial charge in [0.05, 0.1) is 0 Å². The second kappa shape index (κ2) is 5.32. The third kappa shape index (κ3) is 2.50. The molecule has 0 saturated heterocycles. The van der Waals surface area contributed by atoms with Crippen LogP contribution in [0.4, 0.5) is 5.69 Å². The molecule has 0 spiro atoms. The SMILES string of the molecule is CCCCCNC1C(=O)Nc2c(C)cccc21. The molecule has 0 aliphatic carbocycles. The number of unbranched alkanes of at least 4 members (excludes halogenated alkanes) is 2. The van der Waals surface area contributed by atoms with Gasteiger partial charge in [0, 0.05) is 11.3 Å². The van der Waals surface area contributed by atoms with Gasteiger partial charge < -0.3 is 10.6 Å². The van der Waals surface area contributed by atoms with E-state index in [1.165, 1.54) is 12.8 Å². The fraction of sp³-hybridized carbons (Fsp3) is 0.500. The van der Waals surface area contributed by atoms with Crippen LogP contribution in [0.2, 0.25) is 0 Å². The van der Waals surface area contributed by atoms with Gasteiger partial charge in [-0.1, -0.05) is 38.0 Å².